The molecule has 0 amide bonds. The third kappa shape index (κ3) is 2.86. The fourth-order valence-corrected chi connectivity index (χ4v) is 2.47. The van der Waals surface area contributed by atoms with Crippen LogP contribution < -0.4 is 5.43 Å². The van der Waals surface area contributed by atoms with Gasteiger partial charge in [-0.15, -0.1) is 0 Å². The van der Waals surface area contributed by atoms with Crippen molar-refractivity contribution in [1.82, 2.24) is 4.98 Å². The second-order valence-electron chi connectivity index (χ2n) is 4.60. The van der Waals surface area contributed by atoms with E-state index in [1.807, 2.05) is 13.0 Å². The Morgan fingerprint density at radius 1 is 1.23 bits per heavy atom. The average Bonchev–Trinajstić information content (AvgIpc) is 2.90. The molecular weight excluding hydrogens is 325 g/mol. The summed E-state index contributed by atoms with van der Waals surface area (Å²) >= 11 is 12.0. The van der Waals surface area contributed by atoms with Crippen molar-refractivity contribution in [2.45, 2.75) is 6.92 Å². The van der Waals surface area contributed by atoms with Gasteiger partial charge in [-0.1, -0.05) is 23.2 Å². The number of phenols is 1. The van der Waals surface area contributed by atoms with Gasteiger partial charge in [0.25, 0.3) is 0 Å². The molecule has 0 spiro atoms. The van der Waals surface area contributed by atoms with Crippen molar-refractivity contribution >= 4 is 46.1 Å². The van der Waals surface area contributed by atoms with Crippen LogP contribution in [0.5, 0.6) is 5.75 Å². The Kier molecular flexibility index (Phi) is 3.92. The normalized spacial score (nSPS) is 11.4. The number of pyridine rings is 1. The van der Waals surface area contributed by atoms with Crippen molar-refractivity contribution in [2.24, 2.45) is 5.10 Å². The second kappa shape index (κ2) is 5.87. The van der Waals surface area contributed by atoms with E-state index >= 15 is 0 Å². The van der Waals surface area contributed by atoms with Gasteiger partial charge >= 0.3 is 0 Å². The van der Waals surface area contributed by atoms with Crippen LogP contribution in [0.25, 0.3) is 10.9 Å². The molecule has 0 unspecified atom stereocenters. The molecule has 7 heteroatoms. The Hall–Kier alpha value is -2.24. The molecule has 3 rings (SSSR count). The maximum Gasteiger partial charge on any atom is 0.160 e. The highest BCUT2D eigenvalue weighted by atomic mass is 35.5. The minimum Gasteiger partial charge on any atom is -0.504 e. The number of anilines is 1. The summed E-state index contributed by atoms with van der Waals surface area (Å²) in [6.45, 7) is 1.85. The van der Waals surface area contributed by atoms with E-state index in [4.69, 9.17) is 27.6 Å². The maximum absolute atomic E-state index is 9.98. The molecule has 1 aromatic carbocycles. The minimum atomic E-state index is -0.115. The molecule has 2 N–H and O–H groups in total. The molecule has 0 radical (unpaired) electrons. The largest absolute Gasteiger partial charge is 0.504 e. The number of aryl methyl sites for hydroxylation is 1. The van der Waals surface area contributed by atoms with E-state index in [0.717, 1.165) is 5.76 Å². The Morgan fingerprint density at radius 3 is 2.77 bits per heavy atom. The van der Waals surface area contributed by atoms with E-state index in [9.17, 15) is 5.11 Å². The predicted octanol–water partition coefficient (Wildman–Crippen LogP) is 4.59. The van der Waals surface area contributed by atoms with Crippen LogP contribution in [0.2, 0.25) is 10.0 Å². The van der Waals surface area contributed by atoms with E-state index in [1.165, 1.54) is 12.3 Å². The van der Waals surface area contributed by atoms with Crippen LogP contribution in [0.1, 0.15) is 11.5 Å². The van der Waals surface area contributed by atoms with Crippen molar-refractivity contribution in [3.8, 4) is 5.75 Å². The van der Waals surface area contributed by atoms with Gasteiger partial charge in [-0.25, -0.2) is 4.98 Å². The monoisotopic (exact) mass is 335 g/mol. The molecule has 0 bridgehead atoms. The molecule has 2 heterocycles. The van der Waals surface area contributed by atoms with Gasteiger partial charge in [-0.2, -0.15) is 5.10 Å². The number of nitrogens with one attached hydrogen (secondary N) is 1. The standard InChI is InChI=1S/C15H11Cl2N3O2/c1-8-2-3-9(22-8)7-18-20-13-5-4-10-11(16)6-12(17)15(21)14(10)19-13/h2-7,21H,1H3,(H,19,20)/b18-7-. The number of aromatic hydroxyl groups is 1. The Bertz CT molecular complexity index is 875. The quantitative estimate of drug-likeness (QED) is 0.542. The molecule has 0 saturated carbocycles. The summed E-state index contributed by atoms with van der Waals surface area (Å²) < 4.78 is 5.36. The first-order chi connectivity index (χ1) is 10.5. The molecule has 5 nitrogen and oxygen atoms in total. The van der Waals surface area contributed by atoms with Crippen LogP contribution in [0.4, 0.5) is 5.82 Å². The molecule has 0 aliphatic rings. The third-order valence-corrected chi connectivity index (χ3v) is 3.59. The van der Waals surface area contributed by atoms with Crippen LogP contribution >= 0.6 is 23.2 Å². The van der Waals surface area contributed by atoms with E-state index in [1.54, 1.807) is 18.2 Å². The summed E-state index contributed by atoms with van der Waals surface area (Å²) in [5.74, 6) is 1.76. The SMILES string of the molecule is Cc1ccc(/C=N\Nc2ccc3c(Cl)cc(Cl)c(O)c3n2)o1. The molecule has 0 aliphatic heterocycles. The van der Waals surface area contributed by atoms with Crippen LogP contribution in [-0.2, 0) is 0 Å². The first-order valence-corrected chi connectivity index (χ1v) is 7.13. The van der Waals surface area contributed by atoms with Crippen molar-refractivity contribution in [3.63, 3.8) is 0 Å². The fourth-order valence-electron chi connectivity index (χ4n) is 1.95. The maximum atomic E-state index is 9.98. The Labute approximate surface area is 136 Å². The minimum absolute atomic E-state index is 0.115. The number of hydrazone groups is 1. The number of fused-ring (bicyclic) bond motifs is 1. The number of phenolic OH excluding ortho intramolecular Hbond substituents is 1. The van der Waals surface area contributed by atoms with E-state index in [2.05, 4.69) is 15.5 Å². The molecular formula is C15H11Cl2N3O2. The highest BCUT2D eigenvalue weighted by Gasteiger charge is 2.11. The van der Waals surface area contributed by atoms with Crippen LogP contribution in [0.3, 0.4) is 0 Å². The summed E-state index contributed by atoms with van der Waals surface area (Å²) in [4.78, 5) is 4.26. The highest BCUT2D eigenvalue weighted by molar-refractivity contribution is 6.39. The van der Waals surface area contributed by atoms with Gasteiger partial charge in [-0.3, -0.25) is 5.43 Å². The van der Waals surface area contributed by atoms with E-state index in [0.29, 0.717) is 27.5 Å². The topological polar surface area (TPSA) is 70.7 Å². The molecule has 0 atom stereocenters. The Morgan fingerprint density at radius 2 is 2.05 bits per heavy atom. The second-order valence-corrected chi connectivity index (χ2v) is 5.41. The van der Waals surface area contributed by atoms with Gasteiger partial charge in [-0.05, 0) is 37.3 Å². The van der Waals surface area contributed by atoms with Gasteiger partial charge in [0.1, 0.15) is 22.9 Å². The number of furan rings is 1. The zero-order valence-corrected chi connectivity index (χ0v) is 13.0. The number of rotatable bonds is 3. The number of benzene rings is 1. The number of hydrogen-bond donors (Lipinski definition) is 2. The first-order valence-electron chi connectivity index (χ1n) is 6.38. The van der Waals surface area contributed by atoms with Crippen LogP contribution in [0, 0.1) is 6.92 Å². The Balaban J connectivity index is 1.89. The summed E-state index contributed by atoms with van der Waals surface area (Å²) in [5.41, 5.74) is 3.07. The highest BCUT2D eigenvalue weighted by Crippen LogP contribution is 2.36. The van der Waals surface area contributed by atoms with Crippen molar-refractivity contribution in [2.75, 3.05) is 5.43 Å². The zero-order valence-electron chi connectivity index (χ0n) is 11.5. The molecule has 0 saturated heterocycles. The molecule has 2 aromatic heterocycles. The lowest BCUT2D eigenvalue weighted by Crippen LogP contribution is -1.94. The molecule has 3 aromatic rings. The molecule has 112 valence electrons. The smallest absolute Gasteiger partial charge is 0.160 e. The van der Waals surface area contributed by atoms with Gasteiger partial charge < -0.3 is 9.52 Å². The number of nitrogens with zero attached hydrogens (tertiary/aromatic N) is 2. The third-order valence-electron chi connectivity index (χ3n) is 2.99. The summed E-state index contributed by atoms with van der Waals surface area (Å²) in [6.07, 6.45) is 1.53. The summed E-state index contributed by atoms with van der Waals surface area (Å²) in [7, 11) is 0. The van der Waals surface area contributed by atoms with Gasteiger partial charge in [0.2, 0.25) is 0 Å². The van der Waals surface area contributed by atoms with Crippen molar-refractivity contribution in [1.29, 1.82) is 0 Å². The predicted molar refractivity (Wildman–Crippen MR) is 88.1 cm³/mol. The first kappa shape index (κ1) is 14.7. The van der Waals surface area contributed by atoms with E-state index in [-0.39, 0.29) is 10.8 Å². The summed E-state index contributed by atoms with van der Waals surface area (Å²) in [5, 5.41) is 15.2. The summed E-state index contributed by atoms with van der Waals surface area (Å²) in [6, 6.07) is 8.56. The number of aromatic nitrogens is 1. The molecule has 0 fully saturated rings. The van der Waals surface area contributed by atoms with Gasteiger partial charge in [0, 0.05) is 5.39 Å². The fraction of sp³-hybridized carbons (Fsp3) is 0.0667. The lowest BCUT2D eigenvalue weighted by Gasteiger charge is -2.06. The van der Waals surface area contributed by atoms with Crippen LogP contribution in [-0.4, -0.2) is 16.3 Å². The van der Waals surface area contributed by atoms with E-state index < -0.39 is 0 Å². The molecule has 22 heavy (non-hydrogen) atoms. The van der Waals surface area contributed by atoms with Crippen molar-refractivity contribution < 1.29 is 9.52 Å². The lowest BCUT2D eigenvalue weighted by atomic mass is 10.2. The van der Waals surface area contributed by atoms with Crippen molar-refractivity contribution in [3.05, 3.63) is 51.9 Å². The zero-order chi connectivity index (χ0) is 15.7. The number of halogens is 2. The van der Waals surface area contributed by atoms with Gasteiger partial charge in [0.15, 0.2) is 5.75 Å². The van der Waals surface area contributed by atoms with Gasteiger partial charge in [0.05, 0.1) is 16.3 Å². The average molecular weight is 336 g/mol. The number of hydrogen-bond acceptors (Lipinski definition) is 5. The molecule has 0 aliphatic carbocycles. The van der Waals surface area contributed by atoms with Crippen LogP contribution in [0.15, 0.2) is 39.9 Å². The lowest BCUT2D eigenvalue weighted by molar-refractivity contribution is 0.480.